The van der Waals surface area contributed by atoms with Crippen LogP contribution < -0.4 is 16.0 Å². The molecule has 4 N–H and O–H groups in total. The molecule has 1 saturated heterocycles. The Bertz CT molecular complexity index is 845. The van der Waals surface area contributed by atoms with Crippen LogP contribution >= 0.6 is 0 Å². The lowest BCUT2D eigenvalue weighted by molar-refractivity contribution is 0.100. The molecule has 6 nitrogen and oxygen atoms in total. The Kier molecular flexibility index (Phi) is 4.01. The van der Waals surface area contributed by atoms with Gasteiger partial charge in [-0.15, -0.1) is 0 Å². The zero-order valence-electron chi connectivity index (χ0n) is 13.9. The van der Waals surface area contributed by atoms with E-state index >= 15 is 0 Å². The van der Waals surface area contributed by atoms with Crippen LogP contribution in [0.5, 0.6) is 0 Å². The van der Waals surface area contributed by atoms with Gasteiger partial charge in [0, 0.05) is 30.4 Å². The third kappa shape index (κ3) is 3.28. The molecule has 0 bridgehead atoms. The number of aromatic amines is 1. The fraction of sp³-hybridized carbons (Fsp3) is 0.263. The first-order chi connectivity index (χ1) is 12.2. The van der Waals surface area contributed by atoms with Crippen molar-refractivity contribution in [3.8, 4) is 0 Å². The molecular formula is C19H21N5O. The van der Waals surface area contributed by atoms with Crippen LogP contribution in [-0.4, -0.2) is 35.0 Å². The van der Waals surface area contributed by atoms with Gasteiger partial charge in [-0.25, -0.2) is 4.98 Å². The Labute approximate surface area is 146 Å². The van der Waals surface area contributed by atoms with Crippen molar-refractivity contribution in [2.75, 3.05) is 23.3 Å². The van der Waals surface area contributed by atoms with Crippen LogP contribution in [0.2, 0.25) is 0 Å². The topological polar surface area (TPSA) is 87.0 Å². The summed E-state index contributed by atoms with van der Waals surface area (Å²) in [6, 6.07) is 16.0. The molecule has 0 unspecified atom stereocenters. The van der Waals surface area contributed by atoms with Gasteiger partial charge in [-0.1, -0.05) is 12.1 Å². The maximum absolute atomic E-state index is 11.2. The Morgan fingerprint density at radius 1 is 1.12 bits per heavy atom. The van der Waals surface area contributed by atoms with E-state index in [0.29, 0.717) is 11.6 Å². The number of para-hydroxylation sites is 2. The van der Waals surface area contributed by atoms with E-state index in [9.17, 15) is 4.79 Å². The summed E-state index contributed by atoms with van der Waals surface area (Å²) < 4.78 is 0. The van der Waals surface area contributed by atoms with Crippen LogP contribution in [0.4, 0.5) is 11.6 Å². The number of aromatic nitrogens is 2. The van der Waals surface area contributed by atoms with Gasteiger partial charge in [0.2, 0.25) is 11.9 Å². The number of fused-ring (bicyclic) bond motifs is 1. The number of rotatable bonds is 4. The minimum Gasteiger partial charge on any atom is -0.371 e. The number of imidazole rings is 1. The Hall–Kier alpha value is -3.02. The second-order valence-electron chi connectivity index (χ2n) is 6.42. The normalized spacial score (nSPS) is 15.4. The third-order valence-electron chi connectivity index (χ3n) is 4.74. The molecule has 1 amide bonds. The summed E-state index contributed by atoms with van der Waals surface area (Å²) in [5.74, 6) is 0.450. The third-order valence-corrected chi connectivity index (χ3v) is 4.74. The van der Waals surface area contributed by atoms with E-state index in [1.165, 1.54) is 0 Å². The van der Waals surface area contributed by atoms with Gasteiger partial charge in [0.1, 0.15) is 0 Å². The monoisotopic (exact) mass is 335 g/mol. The lowest BCUT2D eigenvalue weighted by atomic mass is 10.0. The quantitative estimate of drug-likeness (QED) is 0.684. The van der Waals surface area contributed by atoms with Crippen molar-refractivity contribution < 1.29 is 4.79 Å². The van der Waals surface area contributed by atoms with Gasteiger partial charge in [-0.2, -0.15) is 0 Å². The predicted octanol–water partition coefficient (Wildman–Crippen LogP) is 2.74. The van der Waals surface area contributed by atoms with E-state index < -0.39 is 0 Å². The van der Waals surface area contributed by atoms with Crippen molar-refractivity contribution in [2.24, 2.45) is 5.73 Å². The number of amides is 1. The zero-order chi connectivity index (χ0) is 17.2. The molecule has 2 aromatic carbocycles. The minimum atomic E-state index is -0.389. The zero-order valence-corrected chi connectivity index (χ0v) is 13.9. The number of nitrogens with zero attached hydrogens (tertiary/aromatic N) is 2. The SMILES string of the molecule is NC(=O)c1ccc(N2CCC(Nc3nc4ccccc4[nH]3)CC2)cc1. The summed E-state index contributed by atoms with van der Waals surface area (Å²) in [7, 11) is 0. The molecular weight excluding hydrogens is 314 g/mol. The van der Waals surface area contributed by atoms with Crippen molar-refractivity contribution in [1.29, 1.82) is 0 Å². The number of hydrogen-bond donors (Lipinski definition) is 3. The summed E-state index contributed by atoms with van der Waals surface area (Å²) in [5, 5.41) is 3.51. The maximum atomic E-state index is 11.2. The smallest absolute Gasteiger partial charge is 0.248 e. The van der Waals surface area contributed by atoms with E-state index in [2.05, 4.69) is 20.2 Å². The second-order valence-corrected chi connectivity index (χ2v) is 6.42. The fourth-order valence-corrected chi connectivity index (χ4v) is 3.33. The van der Waals surface area contributed by atoms with Gasteiger partial charge < -0.3 is 20.9 Å². The molecule has 2 heterocycles. The first kappa shape index (κ1) is 15.5. The van der Waals surface area contributed by atoms with E-state index in [0.717, 1.165) is 48.6 Å². The van der Waals surface area contributed by atoms with Crippen LogP contribution in [0.3, 0.4) is 0 Å². The van der Waals surface area contributed by atoms with Crippen LogP contribution in [0.15, 0.2) is 48.5 Å². The maximum Gasteiger partial charge on any atom is 0.248 e. The van der Waals surface area contributed by atoms with Gasteiger partial charge >= 0.3 is 0 Å². The van der Waals surface area contributed by atoms with Crippen molar-refractivity contribution in [3.63, 3.8) is 0 Å². The van der Waals surface area contributed by atoms with Gasteiger partial charge in [-0.05, 0) is 49.2 Å². The number of piperidine rings is 1. The van der Waals surface area contributed by atoms with Crippen LogP contribution in [-0.2, 0) is 0 Å². The molecule has 6 heteroatoms. The van der Waals surface area contributed by atoms with E-state index in [1.54, 1.807) is 12.1 Å². The number of hydrogen-bond acceptors (Lipinski definition) is 4. The first-order valence-electron chi connectivity index (χ1n) is 8.55. The van der Waals surface area contributed by atoms with Gasteiger partial charge in [0.05, 0.1) is 11.0 Å². The number of nitrogens with one attached hydrogen (secondary N) is 2. The number of anilines is 2. The molecule has 25 heavy (non-hydrogen) atoms. The fourth-order valence-electron chi connectivity index (χ4n) is 3.33. The number of H-pyrrole nitrogens is 1. The minimum absolute atomic E-state index is 0.389. The molecule has 1 aliphatic heterocycles. The highest BCUT2D eigenvalue weighted by Crippen LogP contribution is 2.22. The van der Waals surface area contributed by atoms with Crippen LogP contribution in [0, 0.1) is 0 Å². The van der Waals surface area contributed by atoms with Gasteiger partial charge in [0.15, 0.2) is 0 Å². The van der Waals surface area contributed by atoms with Crippen molar-refractivity contribution >= 4 is 28.6 Å². The van der Waals surface area contributed by atoms with Crippen LogP contribution in [0.1, 0.15) is 23.2 Å². The summed E-state index contributed by atoms with van der Waals surface area (Å²) >= 11 is 0. The molecule has 1 aromatic heterocycles. The predicted molar refractivity (Wildman–Crippen MR) is 99.9 cm³/mol. The Morgan fingerprint density at radius 2 is 1.84 bits per heavy atom. The van der Waals surface area contributed by atoms with Crippen molar-refractivity contribution in [3.05, 3.63) is 54.1 Å². The molecule has 3 aromatic rings. The standard InChI is InChI=1S/C19H21N5O/c20-18(25)13-5-7-15(8-6-13)24-11-9-14(10-12-24)21-19-22-16-3-1-2-4-17(16)23-19/h1-8,14H,9-12H2,(H2,20,25)(H2,21,22,23). The average Bonchev–Trinajstić information content (AvgIpc) is 3.05. The van der Waals surface area contributed by atoms with Crippen molar-refractivity contribution in [1.82, 2.24) is 9.97 Å². The summed E-state index contributed by atoms with van der Waals surface area (Å²) in [6.07, 6.45) is 2.07. The molecule has 1 aliphatic rings. The van der Waals surface area contributed by atoms with Gasteiger partial charge in [-0.3, -0.25) is 4.79 Å². The van der Waals surface area contributed by atoms with Crippen LogP contribution in [0.25, 0.3) is 11.0 Å². The molecule has 4 rings (SSSR count). The average molecular weight is 335 g/mol. The summed E-state index contributed by atoms with van der Waals surface area (Å²) in [6.45, 7) is 1.93. The number of carbonyl (C=O) groups is 1. The lowest BCUT2D eigenvalue weighted by Gasteiger charge is -2.34. The number of primary amides is 1. The van der Waals surface area contributed by atoms with Crippen molar-refractivity contribution in [2.45, 2.75) is 18.9 Å². The Balaban J connectivity index is 1.37. The first-order valence-corrected chi connectivity index (χ1v) is 8.55. The highest BCUT2D eigenvalue weighted by atomic mass is 16.1. The molecule has 0 spiro atoms. The number of carbonyl (C=O) groups excluding carboxylic acids is 1. The lowest BCUT2D eigenvalue weighted by Crippen LogP contribution is -2.39. The van der Waals surface area contributed by atoms with E-state index in [1.807, 2.05) is 36.4 Å². The molecule has 0 aliphatic carbocycles. The summed E-state index contributed by atoms with van der Waals surface area (Å²) in [4.78, 5) is 21.4. The highest BCUT2D eigenvalue weighted by molar-refractivity contribution is 5.93. The second kappa shape index (κ2) is 6.47. The largest absolute Gasteiger partial charge is 0.371 e. The number of benzene rings is 2. The van der Waals surface area contributed by atoms with E-state index in [4.69, 9.17) is 5.73 Å². The Morgan fingerprint density at radius 3 is 2.52 bits per heavy atom. The molecule has 1 fully saturated rings. The molecule has 0 saturated carbocycles. The molecule has 0 atom stereocenters. The highest BCUT2D eigenvalue weighted by Gasteiger charge is 2.20. The summed E-state index contributed by atoms with van der Waals surface area (Å²) in [5.41, 5.74) is 9.01. The van der Waals surface area contributed by atoms with Gasteiger partial charge in [0.25, 0.3) is 0 Å². The molecule has 0 radical (unpaired) electrons. The number of nitrogens with two attached hydrogens (primary N) is 1. The van der Waals surface area contributed by atoms with E-state index in [-0.39, 0.29) is 5.91 Å². The molecule has 128 valence electrons.